The highest BCUT2D eigenvalue weighted by Crippen LogP contribution is 2.19. The molecule has 1 aromatic heterocycles. The van der Waals surface area contributed by atoms with Gasteiger partial charge in [0, 0.05) is 30.8 Å². The number of urea groups is 1. The minimum Gasteiger partial charge on any atom is -0.497 e. The number of nitrogens with two attached hydrogens (primary N) is 2. The van der Waals surface area contributed by atoms with Crippen LogP contribution in [0.15, 0.2) is 65.0 Å². The number of hydrogen-bond donors (Lipinski definition) is 4. The van der Waals surface area contributed by atoms with Crippen molar-refractivity contribution in [3.05, 3.63) is 80.7 Å². The van der Waals surface area contributed by atoms with E-state index in [2.05, 4.69) is 10.6 Å². The molecule has 3 amide bonds. The summed E-state index contributed by atoms with van der Waals surface area (Å²) in [4.78, 5) is 32.9. The molecule has 0 fully saturated rings. The van der Waals surface area contributed by atoms with Crippen LogP contribution in [0.2, 0.25) is 0 Å². The summed E-state index contributed by atoms with van der Waals surface area (Å²) in [5.74, 6) is 0.106. The Kier molecular flexibility index (Phi) is 16.6. The second-order valence-electron chi connectivity index (χ2n) is 6.20. The van der Waals surface area contributed by atoms with Crippen molar-refractivity contribution in [3.63, 3.8) is 0 Å². The zero-order valence-corrected chi connectivity index (χ0v) is 20.5. The van der Waals surface area contributed by atoms with Crippen molar-refractivity contribution in [3.8, 4) is 5.75 Å². The van der Waals surface area contributed by atoms with Crippen LogP contribution in [0.4, 0.5) is 4.79 Å². The van der Waals surface area contributed by atoms with E-state index in [1.54, 1.807) is 35.6 Å². The van der Waals surface area contributed by atoms with Crippen molar-refractivity contribution in [2.75, 3.05) is 20.2 Å². The van der Waals surface area contributed by atoms with Gasteiger partial charge in [-0.1, -0.05) is 26.0 Å². The molecule has 0 radical (unpaired) electrons. The Morgan fingerprint density at radius 3 is 2.03 bits per heavy atom. The monoisotopic (exact) mass is 491 g/mol. The maximum atomic E-state index is 11.8. The molecule has 2 aromatic rings. The quantitative estimate of drug-likeness (QED) is 0.131. The zero-order chi connectivity index (χ0) is 25.8. The lowest BCUT2D eigenvalue weighted by atomic mass is 10.1. The van der Waals surface area contributed by atoms with Crippen molar-refractivity contribution in [2.24, 2.45) is 11.5 Å². The van der Waals surface area contributed by atoms with Gasteiger partial charge in [0.25, 0.3) is 5.70 Å². The molecule has 0 unspecified atom stereocenters. The molecule has 0 saturated heterocycles. The number of nitrogens with zero attached hydrogens (tertiary/aromatic N) is 1. The minimum absolute atomic E-state index is 0.0655. The summed E-state index contributed by atoms with van der Waals surface area (Å²) >= 11 is 1.71. The number of carbonyl (C=O) groups is 2. The predicted molar refractivity (Wildman–Crippen MR) is 136 cm³/mol. The number of methoxy groups -OCH3 is 1. The fourth-order valence-corrected chi connectivity index (χ4v) is 2.73. The molecule has 2 rings (SSSR count). The molecule has 0 aliphatic carbocycles. The highest BCUT2D eigenvalue weighted by molar-refractivity contribution is 7.07. The van der Waals surface area contributed by atoms with E-state index >= 15 is 0 Å². The molecule has 0 aliphatic rings. The number of nitro groups is 1. The number of benzene rings is 1. The lowest BCUT2D eigenvalue weighted by Crippen LogP contribution is -2.30. The Hall–Kier alpha value is -3.86. The molecule has 34 heavy (non-hydrogen) atoms. The number of amides is 3. The van der Waals surface area contributed by atoms with E-state index in [4.69, 9.17) is 16.2 Å². The van der Waals surface area contributed by atoms with Gasteiger partial charge >= 0.3 is 6.03 Å². The van der Waals surface area contributed by atoms with Gasteiger partial charge in [-0.3, -0.25) is 14.9 Å². The maximum Gasteiger partial charge on any atom is 0.312 e. The van der Waals surface area contributed by atoms with E-state index in [1.165, 1.54) is 7.11 Å². The van der Waals surface area contributed by atoms with Crippen LogP contribution in [0, 0.1) is 10.1 Å². The highest BCUT2D eigenvalue weighted by Gasteiger charge is 2.15. The van der Waals surface area contributed by atoms with E-state index in [0.717, 1.165) is 12.2 Å². The number of primary amides is 1. The first kappa shape index (κ1) is 30.1. The van der Waals surface area contributed by atoms with Crippen LogP contribution in [0.1, 0.15) is 32.3 Å². The molecule has 0 aliphatic heterocycles. The lowest BCUT2D eigenvalue weighted by Gasteiger charge is -2.04. The number of nitrogens with one attached hydrogen (secondary N) is 2. The number of ether oxygens (including phenoxy) is 1. The summed E-state index contributed by atoms with van der Waals surface area (Å²) in [6, 6.07) is 9.87. The molecule has 0 spiro atoms. The summed E-state index contributed by atoms with van der Waals surface area (Å²) in [7, 11) is 1.51. The molecular weight excluding hydrogens is 458 g/mol. The smallest absolute Gasteiger partial charge is 0.312 e. The number of unbranched alkanes of at least 4 members (excludes halogenated alkanes) is 1. The van der Waals surface area contributed by atoms with Gasteiger partial charge in [-0.2, -0.15) is 11.3 Å². The SMILES string of the molecule is CC.COc1ccc(/C(N)=C(/C=C/C(=O)NCCCCNC(N)=O)[N+](=O)[O-])cc1.c1ccsc1. The van der Waals surface area contributed by atoms with Crippen LogP contribution in [-0.4, -0.2) is 37.1 Å². The Balaban J connectivity index is 0.00000134. The van der Waals surface area contributed by atoms with Gasteiger partial charge in [0.2, 0.25) is 5.91 Å². The van der Waals surface area contributed by atoms with Crippen LogP contribution in [-0.2, 0) is 4.79 Å². The fraction of sp³-hybridized carbons (Fsp3) is 0.304. The Bertz CT molecular complexity index is 895. The third-order valence-corrected chi connectivity index (χ3v) is 4.52. The van der Waals surface area contributed by atoms with Gasteiger partial charge in [0.15, 0.2) is 0 Å². The van der Waals surface area contributed by atoms with E-state index in [1.807, 2.05) is 36.7 Å². The molecule has 0 atom stereocenters. The number of thiophene rings is 1. The molecule has 0 bridgehead atoms. The molecule has 186 valence electrons. The second-order valence-corrected chi connectivity index (χ2v) is 7.02. The van der Waals surface area contributed by atoms with Crippen LogP contribution >= 0.6 is 11.3 Å². The second kappa shape index (κ2) is 18.7. The Morgan fingerprint density at radius 1 is 1.03 bits per heavy atom. The Labute approximate surface area is 203 Å². The first-order valence-corrected chi connectivity index (χ1v) is 11.5. The average Bonchev–Trinajstić information content (AvgIpc) is 3.42. The third kappa shape index (κ3) is 13.5. The van der Waals surface area contributed by atoms with Gasteiger partial charge in [-0.15, -0.1) is 0 Å². The number of hydrogen-bond acceptors (Lipinski definition) is 7. The highest BCUT2D eigenvalue weighted by atomic mass is 32.1. The van der Waals surface area contributed by atoms with E-state index < -0.39 is 16.9 Å². The lowest BCUT2D eigenvalue weighted by molar-refractivity contribution is -0.418. The molecule has 0 saturated carbocycles. The maximum absolute atomic E-state index is 11.8. The number of allylic oxidation sites excluding steroid dienone is 1. The van der Waals surface area contributed by atoms with Crippen molar-refractivity contribution in [1.82, 2.24) is 10.6 Å². The topological polar surface area (TPSA) is 163 Å². The van der Waals surface area contributed by atoms with Crippen molar-refractivity contribution in [2.45, 2.75) is 26.7 Å². The summed E-state index contributed by atoms with van der Waals surface area (Å²) in [5, 5.41) is 20.4. The van der Waals surface area contributed by atoms with E-state index in [0.29, 0.717) is 37.2 Å². The molecule has 6 N–H and O–H groups in total. The molecule has 11 heteroatoms. The molecule has 1 aromatic carbocycles. The summed E-state index contributed by atoms with van der Waals surface area (Å²) in [6.45, 7) is 4.77. The first-order valence-electron chi connectivity index (χ1n) is 10.6. The van der Waals surface area contributed by atoms with Gasteiger partial charge in [-0.05, 0) is 47.9 Å². The molecular formula is C23H33N5O5S. The van der Waals surface area contributed by atoms with E-state index in [-0.39, 0.29) is 11.4 Å². The van der Waals surface area contributed by atoms with Gasteiger partial charge in [-0.25, -0.2) is 4.79 Å². The number of carbonyl (C=O) groups excluding carboxylic acids is 2. The predicted octanol–water partition coefficient (Wildman–Crippen LogP) is 3.49. The summed E-state index contributed by atoms with van der Waals surface area (Å²) in [5.41, 5.74) is 10.8. The van der Waals surface area contributed by atoms with E-state index in [9.17, 15) is 19.7 Å². The van der Waals surface area contributed by atoms with Crippen LogP contribution < -0.4 is 26.8 Å². The van der Waals surface area contributed by atoms with Crippen molar-refractivity contribution < 1.29 is 19.2 Å². The number of rotatable bonds is 10. The van der Waals surface area contributed by atoms with Crippen LogP contribution in [0.3, 0.4) is 0 Å². The van der Waals surface area contributed by atoms with Crippen molar-refractivity contribution in [1.29, 1.82) is 0 Å². The largest absolute Gasteiger partial charge is 0.497 e. The van der Waals surface area contributed by atoms with Gasteiger partial charge in [0.1, 0.15) is 11.4 Å². The first-order chi connectivity index (χ1) is 16.3. The standard InChI is InChI=1S/C17H23N5O5.C4H4S.C2H6/c1-27-13-6-4-12(5-7-13)16(18)14(22(25)26)8-9-15(23)20-10-2-3-11-21-17(19)24;1-2-4-5-3-1;1-2/h4-9H,2-3,10-11,18H2,1H3,(H,20,23)(H3,19,21,24);1-4H;1-2H3/b9-8+,16-14+;;. The minimum atomic E-state index is -0.654. The van der Waals surface area contributed by atoms with Gasteiger partial charge < -0.3 is 26.8 Å². The van der Waals surface area contributed by atoms with Gasteiger partial charge in [0.05, 0.1) is 12.0 Å². The normalized spacial score (nSPS) is 10.6. The Morgan fingerprint density at radius 2 is 1.59 bits per heavy atom. The molecule has 1 heterocycles. The fourth-order valence-electron chi connectivity index (χ4n) is 2.28. The van der Waals surface area contributed by atoms with Crippen LogP contribution in [0.5, 0.6) is 5.75 Å². The molecule has 10 nitrogen and oxygen atoms in total. The van der Waals surface area contributed by atoms with Crippen molar-refractivity contribution >= 4 is 29.0 Å². The average molecular weight is 492 g/mol. The zero-order valence-electron chi connectivity index (χ0n) is 19.7. The summed E-state index contributed by atoms with van der Waals surface area (Å²) in [6.07, 6.45) is 3.36. The van der Waals surface area contributed by atoms with Crippen LogP contribution in [0.25, 0.3) is 5.70 Å². The summed E-state index contributed by atoms with van der Waals surface area (Å²) < 4.78 is 5.03. The third-order valence-electron chi connectivity index (χ3n) is 3.89.